The number of benzene rings is 2. The van der Waals surface area contributed by atoms with Crippen LogP contribution in [-0.2, 0) is 0 Å². The molecule has 3 aromatic rings. The van der Waals surface area contributed by atoms with Gasteiger partial charge in [-0.1, -0.05) is 0 Å². The number of rotatable bonds is 3. The monoisotopic (exact) mass is 351 g/mol. The van der Waals surface area contributed by atoms with Crippen molar-refractivity contribution in [3.05, 3.63) is 47.1 Å². The van der Waals surface area contributed by atoms with E-state index in [1.165, 1.54) is 4.26 Å². The molecule has 5 heteroatoms. The molecule has 3 rings (SSSR count). The molecule has 0 aliphatic carbocycles. The SMILES string of the molecule is COc1ccc(-n2[se]c3ccccc3c2=S)cc1OC. The molecule has 0 unspecified atom stereocenters. The Hall–Kier alpha value is -1.55. The van der Waals surface area contributed by atoms with Gasteiger partial charge in [0.15, 0.2) is 0 Å². The molecule has 0 saturated heterocycles. The Kier molecular flexibility index (Phi) is 3.66. The first-order chi connectivity index (χ1) is 9.74. The number of methoxy groups -OCH3 is 2. The van der Waals surface area contributed by atoms with Crippen LogP contribution in [-0.4, -0.2) is 32.5 Å². The van der Waals surface area contributed by atoms with E-state index in [2.05, 4.69) is 21.8 Å². The standard InChI is InChI=1S/C15H13NO2SSe/c1-17-12-8-7-10(9-13(12)18-2)16-15(19)11-5-3-4-6-14(11)20-16/h3-9H,1-2H3. The van der Waals surface area contributed by atoms with Crippen LogP contribution in [0, 0.1) is 4.64 Å². The van der Waals surface area contributed by atoms with E-state index in [4.69, 9.17) is 21.7 Å². The van der Waals surface area contributed by atoms with E-state index in [0.29, 0.717) is 0 Å². The zero-order chi connectivity index (χ0) is 14.1. The summed E-state index contributed by atoms with van der Waals surface area (Å²) >= 11 is 5.76. The van der Waals surface area contributed by atoms with E-state index in [1.54, 1.807) is 14.2 Å². The average Bonchev–Trinajstić information content (AvgIpc) is 2.84. The second-order valence-electron chi connectivity index (χ2n) is 4.23. The van der Waals surface area contributed by atoms with Crippen LogP contribution in [0.5, 0.6) is 11.5 Å². The molecular formula is C15H13NO2SSe. The number of hydrogen-bond acceptors (Lipinski definition) is 3. The number of nitrogens with zero attached hydrogens (tertiary/aromatic N) is 1. The van der Waals surface area contributed by atoms with Gasteiger partial charge in [-0.3, -0.25) is 0 Å². The Morgan fingerprint density at radius 3 is 2.45 bits per heavy atom. The summed E-state index contributed by atoms with van der Waals surface area (Å²) in [6.07, 6.45) is 0. The second-order valence-corrected chi connectivity index (χ2v) is 6.68. The van der Waals surface area contributed by atoms with Gasteiger partial charge in [-0.25, -0.2) is 0 Å². The van der Waals surface area contributed by atoms with Gasteiger partial charge in [0.05, 0.1) is 0 Å². The van der Waals surface area contributed by atoms with Crippen LogP contribution in [0.15, 0.2) is 42.5 Å². The third-order valence-corrected chi connectivity index (χ3v) is 6.12. The van der Waals surface area contributed by atoms with Crippen LogP contribution < -0.4 is 9.47 Å². The quantitative estimate of drug-likeness (QED) is 0.534. The molecule has 0 fully saturated rings. The summed E-state index contributed by atoms with van der Waals surface area (Å²) in [5.74, 6) is 1.45. The summed E-state index contributed by atoms with van der Waals surface area (Å²) in [5, 5.41) is 1.16. The van der Waals surface area contributed by atoms with Crippen LogP contribution in [0.4, 0.5) is 0 Å². The van der Waals surface area contributed by atoms with Crippen molar-refractivity contribution in [2.45, 2.75) is 0 Å². The summed E-state index contributed by atoms with van der Waals surface area (Å²) in [6.45, 7) is 0. The van der Waals surface area contributed by atoms with Crippen LogP contribution in [0.2, 0.25) is 0 Å². The fraction of sp³-hybridized carbons (Fsp3) is 0.133. The van der Waals surface area contributed by atoms with Gasteiger partial charge in [0.25, 0.3) is 0 Å². The Balaban J connectivity index is 2.20. The summed E-state index contributed by atoms with van der Waals surface area (Å²) in [7, 11) is 3.28. The van der Waals surface area contributed by atoms with Crippen molar-refractivity contribution < 1.29 is 9.47 Å². The molecule has 1 aromatic heterocycles. The molecule has 102 valence electrons. The first-order valence-corrected chi connectivity index (χ1v) is 8.11. The minimum atomic E-state index is 0.174. The summed E-state index contributed by atoms with van der Waals surface area (Å²) in [6, 6.07) is 14.2. The predicted octanol–water partition coefficient (Wildman–Crippen LogP) is 3.43. The normalized spacial score (nSPS) is 10.7. The number of aromatic nitrogens is 1. The topological polar surface area (TPSA) is 23.4 Å². The van der Waals surface area contributed by atoms with E-state index < -0.39 is 0 Å². The number of ether oxygens (including phenoxy) is 2. The second kappa shape index (κ2) is 5.44. The maximum atomic E-state index is 5.59. The summed E-state index contributed by atoms with van der Waals surface area (Å²) in [5.41, 5.74) is 1.05. The van der Waals surface area contributed by atoms with Gasteiger partial charge in [0.1, 0.15) is 0 Å². The van der Waals surface area contributed by atoms with Crippen molar-refractivity contribution in [2.75, 3.05) is 14.2 Å². The van der Waals surface area contributed by atoms with E-state index in [-0.39, 0.29) is 14.7 Å². The van der Waals surface area contributed by atoms with Crippen LogP contribution in [0.3, 0.4) is 0 Å². The van der Waals surface area contributed by atoms with Gasteiger partial charge >= 0.3 is 128 Å². The molecule has 0 spiro atoms. The minimum absolute atomic E-state index is 0.174. The molecule has 3 nitrogen and oxygen atoms in total. The summed E-state index contributed by atoms with van der Waals surface area (Å²) < 4.78 is 15.0. The number of hydrogen-bond donors (Lipinski definition) is 0. The van der Waals surface area contributed by atoms with Gasteiger partial charge in [0.2, 0.25) is 0 Å². The fourth-order valence-electron chi connectivity index (χ4n) is 2.09. The van der Waals surface area contributed by atoms with Gasteiger partial charge in [-0.15, -0.1) is 0 Å². The third kappa shape index (κ3) is 2.18. The van der Waals surface area contributed by atoms with Gasteiger partial charge in [-0.2, -0.15) is 0 Å². The molecule has 2 aromatic carbocycles. The zero-order valence-electron chi connectivity index (χ0n) is 11.1. The Labute approximate surface area is 128 Å². The maximum absolute atomic E-state index is 5.59. The molecule has 0 bridgehead atoms. The molecule has 0 saturated carbocycles. The Morgan fingerprint density at radius 2 is 1.75 bits per heavy atom. The molecular weight excluding hydrogens is 337 g/mol. The fourth-order valence-corrected chi connectivity index (χ4v) is 4.81. The van der Waals surface area contributed by atoms with Crippen molar-refractivity contribution >= 4 is 36.6 Å². The van der Waals surface area contributed by atoms with Crippen LogP contribution in [0.1, 0.15) is 0 Å². The van der Waals surface area contributed by atoms with Crippen molar-refractivity contribution in [3.63, 3.8) is 0 Å². The molecule has 0 radical (unpaired) electrons. The van der Waals surface area contributed by atoms with E-state index in [9.17, 15) is 0 Å². The summed E-state index contributed by atoms with van der Waals surface area (Å²) in [4.78, 5) is 0. The van der Waals surface area contributed by atoms with Crippen molar-refractivity contribution in [1.29, 1.82) is 0 Å². The van der Waals surface area contributed by atoms with E-state index in [1.807, 2.05) is 24.3 Å². The Bertz CT molecular complexity index is 822. The van der Waals surface area contributed by atoms with Crippen LogP contribution >= 0.6 is 12.2 Å². The molecule has 0 atom stereocenters. The van der Waals surface area contributed by atoms with Crippen molar-refractivity contribution in [1.82, 2.24) is 3.56 Å². The first-order valence-electron chi connectivity index (χ1n) is 6.08. The van der Waals surface area contributed by atoms with E-state index in [0.717, 1.165) is 27.2 Å². The zero-order valence-corrected chi connectivity index (χ0v) is 13.7. The van der Waals surface area contributed by atoms with Gasteiger partial charge < -0.3 is 0 Å². The average molecular weight is 350 g/mol. The van der Waals surface area contributed by atoms with Gasteiger partial charge in [-0.05, 0) is 0 Å². The van der Waals surface area contributed by atoms with Gasteiger partial charge in [0, 0.05) is 0 Å². The van der Waals surface area contributed by atoms with E-state index >= 15 is 0 Å². The van der Waals surface area contributed by atoms with Crippen molar-refractivity contribution in [2.24, 2.45) is 0 Å². The molecule has 1 heterocycles. The molecule has 0 aliphatic heterocycles. The van der Waals surface area contributed by atoms with Crippen LogP contribution in [0.25, 0.3) is 15.3 Å². The number of fused-ring (bicyclic) bond motifs is 1. The third-order valence-electron chi connectivity index (χ3n) is 3.09. The molecule has 0 amide bonds. The van der Waals surface area contributed by atoms with Crippen molar-refractivity contribution in [3.8, 4) is 17.2 Å². The molecule has 0 N–H and O–H groups in total. The first kappa shape index (κ1) is 13.4. The predicted molar refractivity (Wildman–Crippen MR) is 84.2 cm³/mol. The molecule has 20 heavy (non-hydrogen) atoms. The Morgan fingerprint density at radius 1 is 1.00 bits per heavy atom. The molecule has 0 aliphatic rings.